The van der Waals surface area contributed by atoms with E-state index < -0.39 is 0 Å². The van der Waals surface area contributed by atoms with Crippen LogP contribution in [0.15, 0.2) is 0 Å². The molecule has 0 saturated heterocycles. The quantitative estimate of drug-likeness (QED) is 0.512. The van der Waals surface area contributed by atoms with Crippen molar-refractivity contribution in [1.82, 2.24) is 0 Å². The minimum Gasteiger partial charge on any atom is -0.343 e. The SMILES string of the molecule is [CH2-]CC(C)C.[CH2-]CC(C)C.[Ru+2]. The van der Waals surface area contributed by atoms with Gasteiger partial charge in [-0.3, -0.25) is 0 Å². The van der Waals surface area contributed by atoms with Gasteiger partial charge in [-0.05, 0) is 0 Å². The van der Waals surface area contributed by atoms with E-state index in [1.54, 1.807) is 0 Å². The third-order valence-corrected chi connectivity index (χ3v) is 1.15. The van der Waals surface area contributed by atoms with Crippen molar-refractivity contribution in [3.63, 3.8) is 0 Å². The van der Waals surface area contributed by atoms with Gasteiger partial charge in [-0.2, -0.15) is 12.8 Å². The third-order valence-electron chi connectivity index (χ3n) is 1.15. The minimum absolute atomic E-state index is 0. The molecule has 0 rings (SSSR count). The molecule has 11 heavy (non-hydrogen) atoms. The molecule has 0 N–H and O–H groups in total. The van der Waals surface area contributed by atoms with Gasteiger partial charge in [-0.15, -0.1) is 0 Å². The molecule has 0 aromatic heterocycles. The van der Waals surface area contributed by atoms with E-state index in [1.165, 1.54) is 0 Å². The van der Waals surface area contributed by atoms with Gasteiger partial charge in [0.2, 0.25) is 0 Å². The molecule has 0 amide bonds. The zero-order valence-electron chi connectivity index (χ0n) is 8.34. The zero-order valence-corrected chi connectivity index (χ0v) is 10.1. The van der Waals surface area contributed by atoms with Crippen LogP contribution in [0.2, 0.25) is 0 Å². The third kappa shape index (κ3) is 37.0. The Morgan fingerprint density at radius 3 is 0.909 bits per heavy atom. The smallest absolute Gasteiger partial charge is 0.343 e. The monoisotopic (exact) mass is 244 g/mol. The second kappa shape index (κ2) is 13.2. The van der Waals surface area contributed by atoms with Crippen LogP contribution in [-0.4, -0.2) is 0 Å². The number of hydrogen-bond donors (Lipinski definition) is 0. The summed E-state index contributed by atoms with van der Waals surface area (Å²) in [7, 11) is 0. The van der Waals surface area contributed by atoms with Gasteiger partial charge in [-0.1, -0.05) is 39.5 Å². The molecule has 0 fully saturated rings. The van der Waals surface area contributed by atoms with Crippen LogP contribution < -0.4 is 0 Å². The molecule has 0 aliphatic rings. The molecule has 0 aliphatic heterocycles. The summed E-state index contributed by atoms with van der Waals surface area (Å²) in [6.45, 7) is 16.0. The summed E-state index contributed by atoms with van der Waals surface area (Å²) in [5.41, 5.74) is 0. The predicted molar refractivity (Wildman–Crippen MR) is 49.6 cm³/mol. The molecular weight excluding hydrogens is 221 g/mol. The van der Waals surface area contributed by atoms with Crippen LogP contribution in [0.4, 0.5) is 0 Å². The van der Waals surface area contributed by atoms with Crippen molar-refractivity contribution in [3.8, 4) is 0 Å². The van der Waals surface area contributed by atoms with Gasteiger partial charge in [0, 0.05) is 0 Å². The van der Waals surface area contributed by atoms with Crippen molar-refractivity contribution in [3.05, 3.63) is 13.8 Å². The number of hydrogen-bond acceptors (Lipinski definition) is 0. The standard InChI is InChI=1S/2C5H11.Ru/c2*1-4-5(2)3;/h2*5H,1,4H2,2-3H3;/q2*-1;+2. The second-order valence-corrected chi connectivity index (χ2v) is 3.37. The van der Waals surface area contributed by atoms with Crippen LogP contribution in [0, 0.1) is 25.7 Å². The van der Waals surface area contributed by atoms with Crippen molar-refractivity contribution in [2.24, 2.45) is 11.8 Å². The van der Waals surface area contributed by atoms with Crippen molar-refractivity contribution in [2.75, 3.05) is 0 Å². The topological polar surface area (TPSA) is 0 Å². The fourth-order valence-electron chi connectivity index (χ4n) is 0. The van der Waals surface area contributed by atoms with Gasteiger partial charge in [-0.25, -0.2) is 0 Å². The first-order valence-corrected chi connectivity index (χ1v) is 4.13. The maximum atomic E-state index is 3.69. The van der Waals surface area contributed by atoms with Crippen LogP contribution in [0.25, 0.3) is 0 Å². The first-order chi connectivity index (χ1) is 4.54. The number of rotatable bonds is 2. The van der Waals surface area contributed by atoms with Gasteiger partial charge < -0.3 is 13.8 Å². The van der Waals surface area contributed by atoms with Crippen LogP contribution in [0.5, 0.6) is 0 Å². The molecule has 0 unspecified atom stereocenters. The Hall–Kier alpha value is 0.623. The van der Waals surface area contributed by atoms with E-state index in [1.807, 2.05) is 0 Å². The van der Waals surface area contributed by atoms with Gasteiger partial charge in [0.25, 0.3) is 0 Å². The normalized spacial score (nSPS) is 8.73. The summed E-state index contributed by atoms with van der Waals surface area (Å²) < 4.78 is 0. The Kier molecular flexibility index (Phi) is 21.2. The molecule has 70 valence electrons. The van der Waals surface area contributed by atoms with E-state index in [0.717, 1.165) is 24.7 Å². The van der Waals surface area contributed by atoms with Crippen LogP contribution in [-0.2, 0) is 19.5 Å². The van der Waals surface area contributed by atoms with E-state index in [2.05, 4.69) is 41.5 Å². The van der Waals surface area contributed by atoms with Crippen LogP contribution in [0.1, 0.15) is 40.5 Å². The summed E-state index contributed by atoms with van der Waals surface area (Å²) in [6, 6.07) is 0. The first kappa shape index (κ1) is 17.6. The molecule has 0 aromatic carbocycles. The molecule has 0 radical (unpaired) electrons. The van der Waals surface area contributed by atoms with Crippen LogP contribution in [0.3, 0.4) is 0 Å². The van der Waals surface area contributed by atoms with Crippen molar-refractivity contribution >= 4 is 0 Å². The Morgan fingerprint density at radius 1 is 0.818 bits per heavy atom. The maximum Gasteiger partial charge on any atom is 2.00 e. The van der Waals surface area contributed by atoms with E-state index in [9.17, 15) is 0 Å². The Bertz CT molecular complexity index is 40.8. The Balaban J connectivity index is -0.000000107. The largest absolute Gasteiger partial charge is 2.00 e. The summed E-state index contributed by atoms with van der Waals surface area (Å²) >= 11 is 0. The van der Waals surface area contributed by atoms with E-state index in [-0.39, 0.29) is 19.5 Å². The van der Waals surface area contributed by atoms with Gasteiger partial charge in [0.1, 0.15) is 0 Å². The van der Waals surface area contributed by atoms with Gasteiger partial charge in [0.15, 0.2) is 0 Å². The van der Waals surface area contributed by atoms with E-state index in [4.69, 9.17) is 0 Å². The summed E-state index contributed by atoms with van der Waals surface area (Å²) in [5, 5.41) is 0. The van der Waals surface area contributed by atoms with E-state index >= 15 is 0 Å². The molecule has 0 atom stereocenters. The van der Waals surface area contributed by atoms with Crippen molar-refractivity contribution in [1.29, 1.82) is 0 Å². The molecule has 0 saturated carbocycles. The molecular formula is C10H22Ru. The Labute approximate surface area is 85.9 Å². The zero-order chi connectivity index (χ0) is 8.57. The predicted octanol–water partition coefficient (Wildman–Crippen LogP) is 3.73. The van der Waals surface area contributed by atoms with Gasteiger partial charge >= 0.3 is 19.5 Å². The maximum absolute atomic E-state index is 3.69. The molecule has 0 aromatic rings. The van der Waals surface area contributed by atoms with Crippen molar-refractivity contribution < 1.29 is 19.5 Å². The molecule has 0 bridgehead atoms. The summed E-state index contributed by atoms with van der Waals surface area (Å²) in [6.07, 6.45) is 2.11. The fraction of sp³-hybridized carbons (Fsp3) is 0.800. The second-order valence-electron chi connectivity index (χ2n) is 3.37. The molecule has 0 aliphatic carbocycles. The minimum atomic E-state index is 0. The van der Waals surface area contributed by atoms with E-state index in [0.29, 0.717) is 0 Å². The average molecular weight is 243 g/mol. The first-order valence-electron chi connectivity index (χ1n) is 4.13. The average Bonchev–Trinajstić information content (AvgIpc) is 1.89. The Morgan fingerprint density at radius 2 is 0.909 bits per heavy atom. The van der Waals surface area contributed by atoms with Crippen LogP contribution >= 0.6 is 0 Å². The molecule has 1 heteroatoms. The van der Waals surface area contributed by atoms with Crippen molar-refractivity contribution in [2.45, 2.75) is 40.5 Å². The summed E-state index contributed by atoms with van der Waals surface area (Å²) in [5.74, 6) is 1.55. The molecule has 0 nitrogen and oxygen atoms in total. The molecule has 0 heterocycles. The van der Waals surface area contributed by atoms with Gasteiger partial charge in [0.05, 0.1) is 0 Å². The fourth-order valence-corrected chi connectivity index (χ4v) is 0. The summed E-state index contributed by atoms with van der Waals surface area (Å²) in [4.78, 5) is 0. The molecule has 0 spiro atoms.